The first-order valence-electron chi connectivity index (χ1n) is 3.29. The molecule has 0 spiro atoms. The largest absolute Gasteiger partial charge is 0.310 e. The molecule has 0 fully saturated rings. The van der Waals surface area contributed by atoms with E-state index in [4.69, 9.17) is 0 Å². The van der Waals surface area contributed by atoms with Crippen LogP contribution in [0, 0.1) is 10.6 Å². The van der Waals surface area contributed by atoms with Gasteiger partial charge in [-0.15, -0.1) is 0 Å². The molecule has 0 amide bonds. The summed E-state index contributed by atoms with van der Waals surface area (Å²) in [7, 11) is 0. The first-order chi connectivity index (χ1) is 5.68. The van der Waals surface area contributed by atoms with Crippen molar-refractivity contribution in [1.82, 2.24) is 20.2 Å². The number of nitrogens with zero attached hydrogens (tertiary/aromatic N) is 2. The molecule has 5 nitrogen and oxygen atoms in total. The zero-order valence-electron chi connectivity index (χ0n) is 6.18. The summed E-state index contributed by atoms with van der Waals surface area (Å²) >= 11 is 1.99. The van der Waals surface area contributed by atoms with Crippen molar-refractivity contribution in [2.45, 2.75) is 6.92 Å². The summed E-state index contributed by atoms with van der Waals surface area (Å²) in [6, 6.07) is 0. The van der Waals surface area contributed by atoms with E-state index in [9.17, 15) is 4.79 Å². The number of hydrogen-bond acceptors (Lipinski definition) is 3. The highest BCUT2D eigenvalue weighted by Gasteiger charge is 2.07. The molecule has 0 saturated carbocycles. The number of rotatable bonds is 0. The topological polar surface area (TPSA) is 74.4 Å². The van der Waals surface area contributed by atoms with E-state index in [1.807, 2.05) is 22.6 Å². The quantitative estimate of drug-likeness (QED) is 0.690. The molecule has 2 N–H and O–H groups in total. The predicted molar refractivity (Wildman–Crippen MR) is 52.0 cm³/mol. The van der Waals surface area contributed by atoms with Gasteiger partial charge in [0, 0.05) is 0 Å². The number of aryl methyl sites for hydroxylation is 1. The minimum atomic E-state index is -0.143. The Morgan fingerprint density at radius 2 is 2.25 bits per heavy atom. The number of nitrogens with one attached hydrogen (secondary N) is 2. The molecule has 0 bridgehead atoms. The van der Waals surface area contributed by atoms with Crippen molar-refractivity contribution in [1.29, 1.82) is 0 Å². The Labute approximate surface area is 80.7 Å². The molecule has 2 aromatic rings. The lowest BCUT2D eigenvalue weighted by Crippen LogP contribution is -2.09. The van der Waals surface area contributed by atoms with Gasteiger partial charge < -0.3 is 4.98 Å². The molecule has 2 aromatic heterocycles. The minimum Gasteiger partial charge on any atom is -0.310 e. The third-order valence-corrected chi connectivity index (χ3v) is 2.28. The highest BCUT2D eigenvalue weighted by molar-refractivity contribution is 14.1. The molecule has 0 saturated heterocycles. The van der Waals surface area contributed by atoms with E-state index < -0.39 is 0 Å². The summed E-state index contributed by atoms with van der Waals surface area (Å²) in [6.07, 6.45) is 0. The Balaban J connectivity index is 3.03. The average Bonchev–Trinajstić information content (AvgIpc) is 2.31. The summed E-state index contributed by atoms with van der Waals surface area (Å²) in [4.78, 5) is 18.0. The van der Waals surface area contributed by atoms with Crippen molar-refractivity contribution in [2.24, 2.45) is 0 Å². The standard InChI is InChI=1S/C6H5IN4O/c1-2-8-5-3(6(12)9-2)4(7)10-11-5/h1H3,(H2,8,9,10,11,12). The van der Waals surface area contributed by atoms with Crippen molar-refractivity contribution < 1.29 is 0 Å². The van der Waals surface area contributed by atoms with E-state index in [2.05, 4.69) is 20.2 Å². The van der Waals surface area contributed by atoms with Gasteiger partial charge in [-0.05, 0) is 29.5 Å². The first-order valence-corrected chi connectivity index (χ1v) is 4.37. The van der Waals surface area contributed by atoms with Crippen LogP contribution in [-0.4, -0.2) is 20.2 Å². The van der Waals surface area contributed by atoms with Gasteiger partial charge in [-0.3, -0.25) is 9.89 Å². The fourth-order valence-electron chi connectivity index (χ4n) is 1.02. The highest BCUT2D eigenvalue weighted by atomic mass is 127. The number of aromatic nitrogens is 4. The van der Waals surface area contributed by atoms with Crippen molar-refractivity contribution in [2.75, 3.05) is 0 Å². The van der Waals surface area contributed by atoms with E-state index in [0.717, 1.165) is 0 Å². The second-order valence-electron chi connectivity index (χ2n) is 2.39. The molecule has 12 heavy (non-hydrogen) atoms. The van der Waals surface area contributed by atoms with Gasteiger partial charge in [0.2, 0.25) is 0 Å². The van der Waals surface area contributed by atoms with Crippen molar-refractivity contribution in [3.05, 3.63) is 19.9 Å². The van der Waals surface area contributed by atoms with Crippen LogP contribution >= 0.6 is 22.6 Å². The monoisotopic (exact) mass is 276 g/mol. The third-order valence-electron chi connectivity index (χ3n) is 1.50. The highest BCUT2D eigenvalue weighted by Crippen LogP contribution is 2.09. The second kappa shape index (κ2) is 2.54. The van der Waals surface area contributed by atoms with Gasteiger partial charge in [0.1, 0.15) is 14.9 Å². The van der Waals surface area contributed by atoms with E-state index in [1.54, 1.807) is 6.92 Å². The molecular formula is C6H5IN4O. The minimum absolute atomic E-state index is 0.143. The maximum absolute atomic E-state index is 11.3. The van der Waals surface area contributed by atoms with Gasteiger partial charge in [-0.1, -0.05) is 0 Å². The summed E-state index contributed by atoms with van der Waals surface area (Å²) in [6.45, 7) is 1.73. The molecule has 0 aliphatic carbocycles. The number of hydrogen-bond donors (Lipinski definition) is 2. The summed E-state index contributed by atoms with van der Waals surface area (Å²) < 4.78 is 0.649. The molecular weight excluding hydrogens is 271 g/mol. The van der Waals surface area contributed by atoms with Crippen LogP contribution in [0.1, 0.15) is 5.82 Å². The fraction of sp³-hybridized carbons (Fsp3) is 0.167. The summed E-state index contributed by atoms with van der Waals surface area (Å²) in [5, 5.41) is 7.09. The van der Waals surface area contributed by atoms with Crippen LogP contribution in [0.2, 0.25) is 0 Å². The van der Waals surface area contributed by atoms with Gasteiger partial charge in [0.25, 0.3) is 5.56 Å². The lowest BCUT2D eigenvalue weighted by molar-refractivity contribution is 1.03. The average molecular weight is 276 g/mol. The summed E-state index contributed by atoms with van der Waals surface area (Å²) in [5.41, 5.74) is 0.399. The van der Waals surface area contributed by atoms with E-state index in [0.29, 0.717) is 20.6 Å². The van der Waals surface area contributed by atoms with E-state index >= 15 is 0 Å². The van der Waals surface area contributed by atoms with Crippen LogP contribution in [-0.2, 0) is 0 Å². The molecule has 0 aliphatic rings. The molecule has 2 rings (SSSR count). The normalized spacial score (nSPS) is 10.8. The number of fused-ring (bicyclic) bond motifs is 1. The van der Waals surface area contributed by atoms with E-state index in [1.165, 1.54) is 0 Å². The molecule has 2 heterocycles. The SMILES string of the molecule is Cc1nc2[nH]nc(I)c2c(=O)[nH]1. The second-order valence-corrected chi connectivity index (χ2v) is 3.41. The molecule has 0 unspecified atom stereocenters. The smallest absolute Gasteiger partial charge is 0.263 e. The summed E-state index contributed by atoms with van der Waals surface area (Å²) in [5.74, 6) is 0.590. The van der Waals surface area contributed by atoms with Crippen LogP contribution in [0.3, 0.4) is 0 Å². The zero-order valence-corrected chi connectivity index (χ0v) is 8.34. The Kier molecular flexibility index (Phi) is 1.63. The van der Waals surface area contributed by atoms with Crippen molar-refractivity contribution in [3.8, 4) is 0 Å². The van der Waals surface area contributed by atoms with Gasteiger partial charge in [0.15, 0.2) is 5.65 Å². The van der Waals surface area contributed by atoms with Crippen LogP contribution in [0.5, 0.6) is 0 Å². The molecule has 0 aromatic carbocycles. The van der Waals surface area contributed by atoms with Gasteiger partial charge in [0.05, 0.1) is 0 Å². The van der Waals surface area contributed by atoms with Crippen LogP contribution in [0.4, 0.5) is 0 Å². The third kappa shape index (κ3) is 1.02. The molecule has 0 radical (unpaired) electrons. The van der Waals surface area contributed by atoms with Crippen LogP contribution in [0.25, 0.3) is 11.0 Å². The Bertz CT molecular complexity index is 486. The van der Waals surface area contributed by atoms with Crippen molar-refractivity contribution >= 4 is 33.6 Å². The fourth-order valence-corrected chi connectivity index (χ4v) is 1.64. The molecule has 62 valence electrons. The lowest BCUT2D eigenvalue weighted by atomic mass is 10.4. The van der Waals surface area contributed by atoms with Gasteiger partial charge in [-0.2, -0.15) is 5.10 Å². The first kappa shape index (κ1) is 7.71. The Hall–Kier alpha value is -0.920. The molecule has 0 aliphatic heterocycles. The number of halogens is 1. The Morgan fingerprint density at radius 3 is 3.00 bits per heavy atom. The lowest BCUT2D eigenvalue weighted by Gasteiger charge is -1.90. The maximum atomic E-state index is 11.3. The van der Waals surface area contributed by atoms with E-state index in [-0.39, 0.29) is 5.56 Å². The van der Waals surface area contributed by atoms with Gasteiger partial charge in [-0.25, -0.2) is 4.98 Å². The van der Waals surface area contributed by atoms with Crippen LogP contribution in [0.15, 0.2) is 4.79 Å². The molecule has 0 atom stereocenters. The number of aromatic amines is 2. The molecule has 6 heteroatoms. The Morgan fingerprint density at radius 1 is 1.50 bits per heavy atom. The zero-order chi connectivity index (χ0) is 8.72. The van der Waals surface area contributed by atoms with Gasteiger partial charge >= 0.3 is 0 Å². The maximum Gasteiger partial charge on any atom is 0.263 e. The number of H-pyrrole nitrogens is 2. The van der Waals surface area contributed by atoms with Crippen molar-refractivity contribution in [3.63, 3.8) is 0 Å². The predicted octanol–water partition coefficient (Wildman–Crippen LogP) is 0.559. The van der Waals surface area contributed by atoms with Crippen LogP contribution < -0.4 is 5.56 Å².